The number of fused-ring (bicyclic) bond motifs is 1. The van der Waals surface area contributed by atoms with Gasteiger partial charge in [-0.15, -0.1) is 11.3 Å². The number of amides is 1. The maximum atomic E-state index is 12.8. The lowest BCUT2D eigenvalue weighted by molar-refractivity contribution is -0.118. The first-order valence-electron chi connectivity index (χ1n) is 9.25. The lowest BCUT2D eigenvalue weighted by Gasteiger charge is -2.26. The van der Waals surface area contributed by atoms with E-state index in [9.17, 15) is 13.2 Å². The second-order valence-corrected chi connectivity index (χ2v) is 9.48. The lowest BCUT2D eigenvalue weighted by atomic mass is 10.2. The van der Waals surface area contributed by atoms with Crippen LogP contribution in [0.4, 0.5) is 5.69 Å². The average molecular weight is 433 g/mol. The molecule has 0 spiro atoms. The largest absolute Gasteiger partial charge is 0.467 e. The first kappa shape index (κ1) is 19.7. The zero-order valence-corrected chi connectivity index (χ0v) is 17.2. The number of ether oxygens (including phenoxy) is 1. The van der Waals surface area contributed by atoms with E-state index in [-0.39, 0.29) is 11.5 Å². The quantitative estimate of drug-likeness (QED) is 0.643. The summed E-state index contributed by atoms with van der Waals surface area (Å²) < 4.78 is 32.6. The van der Waals surface area contributed by atoms with Crippen LogP contribution in [0.2, 0.25) is 0 Å². The molecule has 4 rings (SSSR count). The monoisotopic (exact) mass is 432 g/mol. The number of hydrogen-bond acceptors (Lipinski definition) is 7. The molecule has 0 atom stereocenters. The average Bonchev–Trinajstić information content (AvgIpc) is 3.22. The summed E-state index contributed by atoms with van der Waals surface area (Å²) in [5, 5.41) is 5.31. The number of nitrogens with zero attached hydrogens (tertiary/aromatic N) is 3. The summed E-state index contributed by atoms with van der Waals surface area (Å²) in [5.41, 5.74) is 0.403. The van der Waals surface area contributed by atoms with Crippen molar-refractivity contribution in [3.05, 3.63) is 42.0 Å². The van der Waals surface area contributed by atoms with Gasteiger partial charge in [-0.1, -0.05) is 12.5 Å². The van der Waals surface area contributed by atoms with Gasteiger partial charge in [0.2, 0.25) is 15.9 Å². The Kier molecular flexibility index (Phi) is 5.74. The number of anilines is 1. The molecule has 29 heavy (non-hydrogen) atoms. The molecule has 1 aliphatic rings. The molecule has 1 N–H and O–H groups in total. The summed E-state index contributed by atoms with van der Waals surface area (Å²) in [5.74, 6) is -0.0626. The summed E-state index contributed by atoms with van der Waals surface area (Å²) in [6.07, 6.45) is 4.17. The fourth-order valence-corrected chi connectivity index (χ4v) is 5.49. The van der Waals surface area contributed by atoms with Crippen LogP contribution in [0.25, 0.3) is 10.2 Å². The molecule has 0 bridgehead atoms. The molecular formula is C19H20N4O4S2. The molecule has 3 heterocycles. The van der Waals surface area contributed by atoms with Crippen LogP contribution in [-0.2, 0) is 14.8 Å². The van der Waals surface area contributed by atoms with E-state index >= 15 is 0 Å². The summed E-state index contributed by atoms with van der Waals surface area (Å²) >= 11 is 1.46. The Morgan fingerprint density at radius 2 is 2.00 bits per heavy atom. The highest BCUT2D eigenvalue weighted by molar-refractivity contribution is 7.89. The lowest BCUT2D eigenvalue weighted by Crippen LogP contribution is -2.35. The van der Waals surface area contributed by atoms with E-state index in [1.165, 1.54) is 28.0 Å². The fourth-order valence-electron chi connectivity index (χ4n) is 3.20. The number of carbonyl (C=O) groups is 1. The predicted molar refractivity (Wildman–Crippen MR) is 111 cm³/mol. The smallest absolute Gasteiger partial charge is 0.262 e. The van der Waals surface area contributed by atoms with Gasteiger partial charge < -0.3 is 10.1 Å². The molecule has 0 aliphatic carbocycles. The van der Waals surface area contributed by atoms with E-state index in [1.807, 2.05) is 11.4 Å². The summed E-state index contributed by atoms with van der Waals surface area (Å²) in [6, 6.07) is 8.12. The molecule has 8 nitrogen and oxygen atoms in total. The van der Waals surface area contributed by atoms with Crippen LogP contribution in [0.1, 0.15) is 19.3 Å². The highest BCUT2D eigenvalue weighted by Crippen LogP contribution is 2.26. The molecule has 3 aromatic rings. The first-order valence-corrected chi connectivity index (χ1v) is 11.6. The maximum absolute atomic E-state index is 12.8. The Morgan fingerprint density at radius 3 is 2.83 bits per heavy atom. The van der Waals surface area contributed by atoms with Crippen molar-refractivity contribution in [1.82, 2.24) is 14.3 Å². The van der Waals surface area contributed by atoms with Crippen molar-refractivity contribution in [3.8, 4) is 5.88 Å². The van der Waals surface area contributed by atoms with E-state index < -0.39 is 15.9 Å². The number of aromatic nitrogens is 2. The first-order chi connectivity index (χ1) is 14.0. The minimum Gasteiger partial charge on any atom is -0.467 e. The molecule has 1 aliphatic heterocycles. The topological polar surface area (TPSA) is 101 Å². The number of nitrogens with one attached hydrogen (secondary N) is 1. The van der Waals surface area contributed by atoms with Crippen LogP contribution in [-0.4, -0.2) is 48.3 Å². The molecule has 0 radical (unpaired) electrons. The van der Waals surface area contributed by atoms with Gasteiger partial charge in [-0.05, 0) is 42.5 Å². The van der Waals surface area contributed by atoms with Crippen molar-refractivity contribution in [2.45, 2.75) is 24.2 Å². The minimum absolute atomic E-state index is 0.175. The Balaban J connectivity index is 1.42. The summed E-state index contributed by atoms with van der Waals surface area (Å²) in [4.78, 5) is 21.4. The molecule has 1 fully saturated rings. The number of sulfonamides is 1. The number of hydrogen-bond donors (Lipinski definition) is 1. The van der Waals surface area contributed by atoms with Crippen LogP contribution in [0.5, 0.6) is 5.88 Å². The van der Waals surface area contributed by atoms with Crippen LogP contribution in [0.15, 0.2) is 46.9 Å². The molecule has 10 heteroatoms. The third-order valence-corrected chi connectivity index (χ3v) is 7.35. The SMILES string of the molecule is O=C(COc1ncnc2sccc12)Nc1cccc(S(=O)(=O)N2CCCCC2)c1. The third-order valence-electron chi connectivity index (χ3n) is 4.64. The van der Waals surface area contributed by atoms with Crippen molar-refractivity contribution < 1.29 is 17.9 Å². The van der Waals surface area contributed by atoms with E-state index in [0.717, 1.165) is 29.5 Å². The number of rotatable bonds is 6. The third kappa shape index (κ3) is 4.39. The van der Waals surface area contributed by atoms with E-state index in [0.29, 0.717) is 24.7 Å². The van der Waals surface area contributed by atoms with E-state index in [4.69, 9.17) is 4.74 Å². The van der Waals surface area contributed by atoms with Crippen LogP contribution in [0.3, 0.4) is 0 Å². The second kappa shape index (κ2) is 8.44. The fraction of sp³-hybridized carbons (Fsp3) is 0.316. The standard InChI is InChI=1S/C19H20N4O4S2/c24-17(12-27-18-16-7-10-28-19(16)21-13-20-18)22-14-5-4-6-15(11-14)29(25,26)23-8-2-1-3-9-23/h4-7,10-11,13H,1-3,8-9,12H2,(H,22,24). The van der Waals surface area contributed by atoms with Crippen LogP contribution in [0, 0.1) is 0 Å². The van der Waals surface area contributed by atoms with Crippen LogP contribution >= 0.6 is 11.3 Å². The molecule has 0 saturated carbocycles. The molecule has 2 aromatic heterocycles. The minimum atomic E-state index is -3.56. The van der Waals surface area contributed by atoms with Gasteiger partial charge in [0.05, 0.1) is 10.3 Å². The van der Waals surface area contributed by atoms with Gasteiger partial charge in [-0.25, -0.2) is 18.4 Å². The molecule has 1 saturated heterocycles. The molecule has 0 unspecified atom stereocenters. The molecule has 1 amide bonds. The maximum Gasteiger partial charge on any atom is 0.262 e. The number of piperidine rings is 1. The van der Waals surface area contributed by atoms with Gasteiger partial charge in [0.1, 0.15) is 11.2 Å². The Hall–Kier alpha value is -2.56. The Bertz CT molecular complexity index is 1120. The van der Waals surface area contributed by atoms with Gasteiger partial charge in [-0.3, -0.25) is 4.79 Å². The van der Waals surface area contributed by atoms with Gasteiger partial charge in [0.25, 0.3) is 5.91 Å². The van der Waals surface area contributed by atoms with Crippen molar-refractivity contribution in [2.24, 2.45) is 0 Å². The van der Waals surface area contributed by atoms with Crippen molar-refractivity contribution in [3.63, 3.8) is 0 Å². The summed E-state index contributed by atoms with van der Waals surface area (Å²) in [6.45, 7) is 0.816. The predicted octanol–water partition coefficient (Wildman–Crippen LogP) is 2.88. The van der Waals surface area contributed by atoms with E-state index in [2.05, 4.69) is 15.3 Å². The van der Waals surface area contributed by atoms with Crippen molar-refractivity contribution >= 4 is 43.2 Å². The normalized spacial score (nSPS) is 15.3. The number of carbonyl (C=O) groups excluding carboxylic acids is 1. The molecule has 1 aromatic carbocycles. The zero-order valence-electron chi connectivity index (χ0n) is 15.6. The molecule has 152 valence electrons. The Labute approximate surface area is 172 Å². The summed E-state index contributed by atoms with van der Waals surface area (Å²) in [7, 11) is -3.56. The zero-order chi connectivity index (χ0) is 20.3. The number of benzene rings is 1. The second-order valence-electron chi connectivity index (χ2n) is 6.65. The van der Waals surface area contributed by atoms with E-state index in [1.54, 1.807) is 18.2 Å². The van der Waals surface area contributed by atoms with Gasteiger partial charge in [-0.2, -0.15) is 4.31 Å². The molecular weight excluding hydrogens is 412 g/mol. The van der Waals surface area contributed by atoms with Crippen molar-refractivity contribution in [2.75, 3.05) is 25.0 Å². The number of thiophene rings is 1. The van der Waals surface area contributed by atoms with Gasteiger partial charge in [0, 0.05) is 18.8 Å². The highest BCUT2D eigenvalue weighted by Gasteiger charge is 2.26. The van der Waals surface area contributed by atoms with Crippen molar-refractivity contribution in [1.29, 1.82) is 0 Å². The highest BCUT2D eigenvalue weighted by atomic mass is 32.2. The van der Waals surface area contributed by atoms with Crippen LogP contribution < -0.4 is 10.1 Å². The van der Waals surface area contributed by atoms with Gasteiger partial charge >= 0.3 is 0 Å². The van der Waals surface area contributed by atoms with Gasteiger partial charge in [0.15, 0.2) is 6.61 Å². The Morgan fingerprint density at radius 1 is 1.17 bits per heavy atom.